The zero-order valence-electron chi connectivity index (χ0n) is 12.3. The van der Waals surface area contributed by atoms with Crippen molar-refractivity contribution in [1.82, 2.24) is 5.32 Å². The molecule has 1 fully saturated rings. The van der Waals surface area contributed by atoms with Gasteiger partial charge in [0.2, 0.25) is 5.91 Å². The third-order valence-corrected chi connectivity index (χ3v) is 3.69. The molecule has 5 heteroatoms. The zero-order valence-corrected chi connectivity index (χ0v) is 12.3. The highest BCUT2D eigenvalue weighted by Gasteiger charge is 2.38. The minimum Gasteiger partial charge on any atom is -0.495 e. The van der Waals surface area contributed by atoms with E-state index in [9.17, 15) is 4.79 Å². The van der Waals surface area contributed by atoms with Gasteiger partial charge in [-0.3, -0.25) is 10.1 Å². The molecule has 0 spiro atoms. The molecule has 0 bridgehead atoms. The molecule has 0 radical (unpaired) electrons. The van der Waals surface area contributed by atoms with Crippen LogP contribution < -0.4 is 20.7 Å². The molecule has 2 rings (SSSR count). The Kier molecular flexibility index (Phi) is 4.18. The molecule has 1 unspecified atom stereocenters. The van der Waals surface area contributed by atoms with E-state index in [1.54, 1.807) is 7.11 Å². The van der Waals surface area contributed by atoms with E-state index in [1.807, 2.05) is 43.1 Å². The smallest absolute Gasteiger partial charge is 0.239 e. The van der Waals surface area contributed by atoms with Gasteiger partial charge in [0.05, 0.1) is 12.8 Å². The average Bonchev–Trinajstić information content (AvgIpc) is 3.22. The van der Waals surface area contributed by atoms with E-state index in [0.717, 1.165) is 24.3 Å². The maximum absolute atomic E-state index is 11.8. The summed E-state index contributed by atoms with van der Waals surface area (Å²) in [7, 11) is 3.58. The summed E-state index contributed by atoms with van der Waals surface area (Å²) in [5.74, 6) is 0.458. The fourth-order valence-corrected chi connectivity index (χ4v) is 2.38. The lowest BCUT2D eigenvalue weighted by atomic mass is 10.00. The van der Waals surface area contributed by atoms with Crippen LogP contribution in [0.2, 0.25) is 0 Å². The van der Waals surface area contributed by atoms with Gasteiger partial charge in [-0.2, -0.15) is 0 Å². The predicted molar refractivity (Wildman–Crippen MR) is 80.0 cm³/mol. The minimum absolute atomic E-state index is 0.328. The van der Waals surface area contributed by atoms with Crippen LogP contribution in [0.1, 0.15) is 19.8 Å². The molecule has 1 amide bonds. The van der Waals surface area contributed by atoms with Crippen molar-refractivity contribution in [1.29, 1.82) is 0 Å². The first-order valence-electron chi connectivity index (χ1n) is 6.88. The van der Waals surface area contributed by atoms with Crippen molar-refractivity contribution < 1.29 is 9.53 Å². The zero-order chi connectivity index (χ0) is 14.8. The topological polar surface area (TPSA) is 67.6 Å². The lowest BCUT2D eigenvalue weighted by Gasteiger charge is -2.33. The fraction of sp³-hybridized carbons (Fsp3) is 0.533. The number of likely N-dealkylation sites (N-methyl/N-ethyl adjacent to an activating group) is 1. The van der Waals surface area contributed by atoms with Gasteiger partial charge in [0.25, 0.3) is 0 Å². The second kappa shape index (κ2) is 5.71. The van der Waals surface area contributed by atoms with Gasteiger partial charge in [-0.15, -0.1) is 0 Å². The number of anilines is 1. The molecular weight excluding hydrogens is 254 g/mol. The lowest BCUT2D eigenvalue weighted by Crippen LogP contribution is -2.60. The van der Waals surface area contributed by atoms with Crippen LogP contribution >= 0.6 is 0 Å². The number of nitrogens with one attached hydrogen (secondary N) is 1. The molecule has 0 saturated heterocycles. The van der Waals surface area contributed by atoms with Gasteiger partial charge < -0.3 is 15.4 Å². The molecule has 110 valence electrons. The number of benzene rings is 1. The average molecular weight is 277 g/mol. The van der Waals surface area contributed by atoms with Crippen molar-refractivity contribution in [2.24, 2.45) is 5.73 Å². The van der Waals surface area contributed by atoms with Crippen LogP contribution in [-0.4, -0.2) is 38.2 Å². The van der Waals surface area contributed by atoms with Crippen LogP contribution in [0.5, 0.6) is 5.75 Å². The monoisotopic (exact) mass is 277 g/mol. The number of para-hydroxylation sites is 2. The number of rotatable bonds is 7. The maximum Gasteiger partial charge on any atom is 0.239 e. The van der Waals surface area contributed by atoms with Gasteiger partial charge in [0, 0.05) is 19.6 Å². The summed E-state index contributed by atoms with van der Waals surface area (Å²) in [6.45, 7) is 2.36. The van der Waals surface area contributed by atoms with E-state index < -0.39 is 5.54 Å². The van der Waals surface area contributed by atoms with E-state index in [-0.39, 0.29) is 5.91 Å². The Balaban J connectivity index is 2.15. The maximum atomic E-state index is 11.8. The number of primary amides is 1. The number of nitrogens with two attached hydrogens (primary N) is 1. The summed E-state index contributed by atoms with van der Waals surface area (Å²) in [4.78, 5) is 13.8. The standard InChI is InChI=1S/C15H23N3O2/c1-15(14(16)19,17-11-8-9-11)10-18(2)12-6-4-5-7-13(12)20-3/h4-7,11,17H,8-10H2,1-3H3,(H2,16,19). The molecular formula is C15H23N3O2. The van der Waals surface area contributed by atoms with E-state index in [0.29, 0.717) is 12.6 Å². The summed E-state index contributed by atoms with van der Waals surface area (Å²) in [6, 6.07) is 8.16. The van der Waals surface area contributed by atoms with Gasteiger partial charge in [-0.05, 0) is 31.9 Å². The van der Waals surface area contributed by atoms with Gasteiger partial charge >= 0.3 is 0 Å². The van der Waals surface area contributed by atoms with Gasteiger partial charge in [0.15, 0.2) is 0 Å². The molecule has 0 aliphatic heterocycles. The number of hydrogen-bond acceptors (Lipinski definition) is 4. The van der Waals surface area contributed by atoms with E-state index in [2.05, 4.69) is 5.32 Å². The molecule has 1 aliphatic rings. The van der Waals surface area contributed by atoms with Crippen molar-refractivity contribution >= 4 is 11.6 Å². The summed E-state index contributed by atoms with van der Waals surface area (Å²) >= 11 is 0. The molecule has 5 nitrogen and oxygen atoms in total. The Morgan fingerprint density at radius 2 is 2.15 bits per heavy atom. The number of carbonyl (C=O) groups is 1. The SMILES string of the molecule is COc1ccccc1N(C)CC(C)(NC1CC1)C(N)=O. The first-order chi connectivity index (χ1) is 9.46. The highest BCUT2D eigenvalue weighted by atomic mass is 16.5. The second-order valence-electron chi connectivity index (χ2n) is 5.64. The molecule has 1 saturated carbocycles. The van der Waals surface area contributed by atoms with Crippen molar-refractivity contribution in [2.45, 2.75) is 31.3 Å². The van der Waals surface area contributed by atoms with Crippen molar-refractivity contribution in [3.05, 3.63) is 24.3 Å². The third kappa shape index (κ3) is 3.22. The van der Waals surface area contributed by atoms with Crippen LogP contribution in [0.4, 0.5) is 5.69 Å². The van der Waals surface area contributed by atoms with Crippen LogP contribution in [0.15, 0.2) is 24.3 Å². The number of amides is 1. The lowest BCUT2D eigenvalue weighted by molar-refractivity contribution is -0.123. The minimum atomic E-state index is -0.739. The molecule has 1 aromatic carbocycles. The fourth-order valence-electron chi connectivity index (χ4n) is 2.38. The Bertz CT molecular complexity index is 488. The molecule has 0 heterocycles. The Morgan fingerprint density at radius 3 is 2.70 bits per heavy atom. The Morgan fingerprint density at radius 1 is 1.50 bits per heavy atom. The first kappa shape index (κ1) is 14.7. The van der Waals surface area contributed by atoms with Crippen molar-refractivity contribution in [3.63, 3.8) is 0 Å². The molecule has 1 atom stereocenters. The Labute approximate surface area is 120 Å². The summed E-state index contributed by atoms with van der Waals surface area (Å²) in [5, 5.41) is 3.35. The number of ether oxygens (including phenoxy) is 1. The quantitative estimate of drug-likeness (QED) is 0.784. The molecule has 1 aliphatic carbocycles. The van der Waals surface area contributed by atoms with Crippen LogP contribution in [-0.2, 0) is 4.79 Å². The van der Waals surface area contributed by atoms with Crippen molar-refractivity contribution in [3.8, 4) is 5.75 Å². The van der Waals surface area contributed by atoms with Crippen LogP contribution in [0, 0.1) is 0 Å². The normalized spacial score (nSPS) is 17.4. The number of nitrogens with zero attached hydrogens (tertiary/aromatic N) is 1. The third-order valence-electron chi connectivity index (χ3n) is 3.69. The van der Waals surface area contributed by atoms with E-state index in [4.69, 9.17) is 10.5 Å². The van der Waals surface area contributed by atoms with Gasteiger partial charge in [-0.25, -0.2) is 0 Å². The van der Waals surface area contributed by atoms with Crippen LogP contribution in [0.25, 0.3) is 0 Å². The second-order valence-corrected chi connectivity index (χ2v) is 5.64. The molecule has 0 aromatic heterocycles. The van der Waals surface area contributed by atoms with Crippen molar-refractivity contribution in [2.75, 3.05) is 25.6 Å². The Hall–Kier alpha value is -1.75. The number of hydrogen-bond donors (Lipinski definition) is 2. The highest BCUT2D eigenvalue weighted by Crippen LogP contribution is 2.29. The highest BCUT2D eigenvalue weighted by molar-refractivity contribution is 5.85. The molecule has 3 N–H and O–H groups in total. The van der Waals surface area contributed by atoms with Gasteiger partial charge in [-0.1, -0.05) is 12.1 Å². The summed E-state index contributed by atoms with van der Waals surface area (Å²) < 4.78 is 5.36. The predicted octanol–water partition coefficient (Wildman–Crippen LogP) is 1.13. The first-order valence-corrected chi connectivity index (χ1v) is 6.88. The molecule has 1 aromatic rings. The molecule has 20 heavy (non-hydrogen) atoms. The van der Waals surface area contributed by atoms with Crippen LogP contribution in [0.3, 0.4) is 0 Å². The van der Waals surface area contributed by atoms with Gasteiger partial charge in [0.1, 0.15) is 11.3 Å². The summed E-state index contributed by atoms with van der Waals surface area (Å²) in [6.07, 6.45) is 2.22. The largest absolute Gasteiger partial charge is 0.495 e. The number of carbonyl (C=O) groups excluding carboxylic acids is 1. The summed E-state index contributed by atoms with van der Waals surface area (Å²) in [5.41, 5.74) is 5.79. The van der Waals surface area contributed by atoms with E-state index >= 15 is 0 Å². The van der Waals surface area contributed by atoms with E-state index in [1.165, 1.54) is 0 Å². The number of methoxy groups -OCH3 is 1.